The van der Waals surface area contributed by atoms with Gasteiger partial charge in [-0.3, -0.25) is 4.79 Å². The van der Waals surface area contributed by atoms with Crippen LogP contribution in [0.1, 0.15) is 12.8 Å². The summed E-state index contributed by atoms with van der Waals surface area (Å²) in [6, 6.07) is 0. The minimum Gasteiger partial charge on any atom is -0.393 e. The van der Waals surface area contributed by atoms with E-state index in [2.05, 4.69) is 0 Å². The highest BCUT2D eigenvalue weighted by molar-refractivity contribution is 5.94. The Kier molecular flexibility index (Phi) is 2.96. The van der Waals surface area contributed by atoms with Gasteiger partial charge in [-0.1, -0.05) is 0 Å². The molecule has 4 nitrogen and oxygen atoms in total. The summed E-state index contributed by atoms with van der Waals surface area (Å²) in [6.07, 6.45) is 4.24. The lowest BCUT2D eigenvalue weighted by atomic mass is 10.2. The highest BCUT2D eigenvalue weighted by Gasteiger charge is 2.27. The number of hydrogen-bond acceptors (Lipinski definition) is 4. The Morgan fingerprint density at radius 1 is 1.57 bits per heavy atom. The number of aliphatic hydroxyl groups excluding tert-OH is 1. The molecule has 2 atom stereocenters. The molecule has 1 N–H and O–H groups in total. The molecule has 0 aromatic rings. The van der Waals surface area contributed by atoms with E-state index >= 15 is 0 Å². The van der Waals surface area contributed by atoms with E-state index in [1.54, 1.807) is 6.08 Å². The molecule has 1 aliphatic carbocycles. The van der Waals surface area contributed by atoms with Crippen LogP contribution in [-0.2, 0) is 14.3 Å². The predicted molar refractivity (Wildman–Crippen MR) is 48.6 cm³/mol. The van der Waals surface area contributed by atoms with Crippen molar-refractivity contribution in [1.82, 2.24) is 0 Å². The highest BCUT2D eigenvalue weighted by Crippen LogP contribution is 2.29. The van der Waals surface area contributed by atoms with Gasteiger partial charge in [0.15, 0.2) is 12.1 Å². The largest absolute Gasteiger partial charge is 0.393 e. The first-order chi connectivity index (χ1) is 6.79. The van der Waals surface area contributed by atoms with Gasteiger partial charge < -0.3 is 14.6 Å². The Morgan fingerprint density at radius 3 is 3.00 bits per heavy atom. The first kappa shape index (κ1) is 9.83. The molecular weight excluding hydrogens is 184 g/mol. The van der Waals surface area contributed by atoms with Crippen LogP contribution in [0.3, 0.4) is 0 Å². The highest BCUT2D eigenvalue weighted by atomic mass is 16.7. The Balaban J connectivity index is 1.81. The van der Waals surface area contributed by atoms with E-state index in [0.717, 1.165) is 0 Å². The summed E-state index contributed by atoms with van der Waals surface area (Å²) in [4.78, 5) is 11.1. The van der Waals surface area contributed by atoms with Crippen molar-refractivity contribution in [3.63, 3.8) is 0 Å². The van der Waals surface area contributed by atoms with Crippen molar-refractivity contribution in [1.29, 1.82) is 0 Å². The van der Waals surface area contributed by atoms with Crippen LogP contribution in [0.15, 0.2) is 12.2 Å². The van der Waals surface area contributed by atoms with Gasteiger partial charge in [-0.2, -0.15) is 0 Å². The summed E-state index contributed by atoms with van der Waals surface area (Å²) in [5.41, 5.74) is 0. The van der Waals surface area contributed by atoms with Gasteiger partial charge in [0, 0.05) is 0 Å². The fourth-order valence-corrected chi connectivity index (χ4v) is 1.30. The molecule has 0 unspecified atom stereocenters. The van der Waals surface area contributed by atoms with Crippen molar-refractivity contribution in [2.24, 2.45) is 5.92 Å². The van der Waals surface area contributed by atoms with Crippen LogP contribution < -0.4 is 0 Å². The third-order valence-corrected chi connectivity index (χ3v) is 2.39. The van der Waals surface area contributed by atoms with Gasteiger partial charge in [0.2, 0.25) is 0 Å². The first-order valence-electron chi connectivity index (χ1n) is 4.89. The molecule has 0 saturated heterocycles. The first-order valence-corrected chi connectivity index (χ1v) is 4.89. The van der Waals surface area contributed by atoms with Crippen LogP contribution in [0.4, 0.5) is 0 Å². The van der Waals surface area contributed by atoms with Crippen molar-refractivity contribution in [2.75, 3.05) is 13.2 Å². The summed E-state index contributed by atoms with van der Waals surface area (Å²) in [5, 5.41) is 8.83. The molecule has 1 fully saturated rings. The summed E-state index contributed by atoms with van der Waals surface area (Å²) in [6.45, 7) is 0.397. The summed E-state index contributed by atoms with van der Waals surface area (Å²) < 4.78 is 10.6. The SMILES string of the molecule is O=C1C=C[C@@H](OCC2CC2)O[C@@H]1CO. The topological polar surface area (TPSA) is 55.8 Å². The van der Waals surface area contributed by atoms with Crippen molar-refractivity contribution < 1.29 is 19.4 Å². The molecule has 4 heteroatoms. The summed E-state index contributed by atoms with van der Waals surface area (Å²) in [7, 11) is 0. The number of carbonyl (C=O) groups is 1. The van der Waals surface area contributed by atoms with Crippen molar-refractivity contribution >= 4 is 5.78 Å². The molecule has 1 saturated carbocycles. The Hall–Kier alpha value is -0.710. The maximum Gasteiger partial charge on any atom is 0.186 e. The molecule has 2 aliphatic rings. The van der Waals surface area contributed by atoms with Crippen molar-refractivity contribution in [3.05, 3.63) is 12.2 Å². The number of rotatable bonds is 4. The number of carbonyl (C=O) groups excluding carboxylic acids is 1. The molecular formula is C10H14O4. The lowest BCUT2D eigenvalue weighted by Crippen LogP contribution is -2.35. The lowest BCUT2D eigenvalue weighted by Gasteiger charge is -2.23. The minimum atomic E-state index is -0.746. The maximum absolute atomic E-state index is 11.1. The molecule has 0 spiro atoms. The molecule has 1 aliphatic heterocycles. The molecule has 1 heterocycles. The smallest absolute Gasteiger partial charge is 0.186 e. The Labute approximate surface area is 82.5 Å². The minimum absolute atomic E-state index is 0.196. The summed E-state index contributed by atoms with van der Waals surface area (Å²) >= 11 is 0. The van der Waals surface area contributed by atoms with E-state index in [4.69, 9.17) is 14.6 Å². The molecule has 2 rings (SSSR count). The second-order valence-corrected chi connectivity index (χ2v) is 3.71. The molecule has 0 bridgehead atoms. The average Bonchev–Trinajstić information content (AvgIpc) is 3.00. The van der Waals surface area contributed by atoms with Gasteiger partial charge in [0.1, 0.15) is 6.10 Å². The second kappa shape index (κ2) is 4.21. The average molecular weight is 198 g/mol. The van der Waals surface area contributed by atoms with Gasteiger partial charge in [0.05, 0.1) is 13.2 Å². The number of hydrogen-bond donors (Lipinski definition) is 1. The van der Waals surface area contributed by atoms with Crippen LogP contribution in [0.25, 0.3) is 0 Å². The maximum atomic E-state index is 11.1. The normalized spacial score (nSPS) is 32.2. The van der Waals surface area contributed by atoms with Crippen molar-refractivity contribution in [3.8, 4) is 0 Å². The molecule has 14 heavy (non-hydrogen) atoms. The second-order valence-electron chi connectivity index (χ2n) is 3.71. The van der Waals surface area contributed by atoms with Crippen LogP contribution in [0.5, 0.6) is 0 Å². The van der Waals surface area contributed by atoms with Crippen LogP contribution >= 0.6 is 0 Å². The quantitative estimate of drug-likeness (QED) is 0.703. The standard InChI is InChI=1S/C10H14O4/c11-5-9-8(12)3-4-10(14-9)13-6-7-1-2-7/h3-4,7,9-11H,1-2,5-6H2/t9-,10+/m1/s1. The van der Waals surface area contributed by atoms with Crippen LogP contribution in [0, 0.1) is 5.92 Å². The fraction of sp³-hybridized carbons (Fsp3) is 0.700. The zero-order valence-corrected chi connectivity index (χ0v) is 7.89. The van der Waals surface area contributed by atoms with Crippen LogP contribution in [0.2, 0.25) is 0 Å². The molecule has 0 aromatic heterocycles. The van der Waals surface area contributed by atoms with E-state index in [-0.39, 0.29) is 12.4 Å². The zero-order valence-electron chi connectivity index (χ0n) is 7.89. The van der Waals surface area contributed by atoms with Gasteiger partial charge in [-0.05, 0) is 30.9 Å². The summed E-state index contributed by atoms with van der Waals surface area (Å²) in [5.74, 6) is 0.468. The predicted octanol–water partition coefficient (Wildman–Crippen LogP) is 0.255. The van der Waals surface area contributed by atoms with Gasteiger partial charge in [0.25, 0.3) is 0 Å². The molecule has 78 valence electrons. The van der Waals surface area contributed by atoms with E-state index in [0.29, 0.717) is 12.5 Å². The van der Waals surface area contributed by atoms with E-state index in [9.17, 15) is 4.79 Å². The third-order valence-electron chi connectivity index (χ3n) is 2.39. The third kappa shape index (κ3) is 2.41. The van der Waals surface area contributed by atoms with Gasteiger partial charge in [-0.15, -0.1) is 0 Å². The fourth-order valence-electron chi connectivity index (χ4n) is 1.30. The van der Waals surface area contributed by atoms with Gasteiger partial charge in [-0.25, -0.2) is 0 Å². The molecule has 0 aromatic carbocycles. The lowest BCUT2D eigenvalue weighted by molar-refractivity contribution is -0.169. The van der Waals surface area contributed by atoms with Crippen LogP contribution in [-0.4, -0.2) is 36.5 Å². The zero-order chi connectivity index (χ0) is 9.97. The Morgan fingerprint density at radius 2 is 2.36 bits per heavy atom. The number of aliphatic hydroxyl groups is 1. The molecule has 0 radical (unpaired) electrons. The molecule has 0 amide bonds. The van der Waals surface area contributed by atoms with E-state index < -0.39 is 12.4 Å². The van der Waals surface area contributed by atoms with Crippen molar-refractivity contribution in [2.45, 2.75) is 25.2 Å². The van der Waals surface area contributed by atoms with Gasteiger partial charge >= 0.3 is 0 Å². The van der Waals surface area contributed by atoms with E-state index in [1.807, 2.05) is 0 Å². The van der Waals surface area contributed by atoms with E-state index in [1.165, 1.54) is 18.9 Å². The number of ether oxygens (including phenoxy) is 2. The Bertz CT molecular complexity index is 245. The monoisotopic (exact) mass is 198 g/mol. The number of ketones is 1.